The Hall–Kier alpha value is -4.89. The summed E-state index contributed by atoms with van der Waals surface area (Å²) in [5.41, 5.74) is 6.90. The monoisotopic (exact) mass is 763 g/mol. The lowest BCUT2D eigenvalue weighted by Crippen LogP contribution is -2.36. The van der Waals surface area contributed by atoms with E-state index in [0.29, 0.717) is 12.2 Å². The van der Waals surface area contributed by atoms with Crippen LogP contribution < -0.4 is 16.0 Å². The number of hydrogen-bond acceptors (Lipinski definition) is 11. The number of nitrogens with zero attached hydrogens (tertiary/aromatic N) is 6. The molecule has 1 amide bonds. The Morgan fingerprint density at radius 1 is 0.815 bits per heavy atom. The van der Waals surface area contributed by atoms with Gasteiger partial charge in [0.2, 0.25) is 0 Å². The van der Waals surface area contributed by atoms with E-state index in [9.17, 15) is 15.0 Å². The van der Waals surface area contributed by atoms with E-state index in [1.54, 1.807) is 42.2 Å². The van der Waals surface area contributed by atoms with Gasteiger partial charge < -0.3 is 35.1 Å². The Morgan fingerprint density at radius 3 is 2.09 bits per heavy atom. The van der Waals surface area contributed by atoms with Crippen molar-refractivity contribution in [3.05, 3.63) is 102 Å². The number of fused-ring (bicyclic) bond motifs is 3. The van der Waals surface area contributed by atoms with Gasteiger partial charge in [0.25, 0.3) is 5.91 Å². The Morgan fingerprint density at radius 2 is 1.44 bits per heavy atom. The fraction of sp³-hybridized carbons (Fsp3) is 0.375. The molecule has 0 saturated heterocycles. The Labute approximate surface area is 321 Å². The molecule has 280 valence electrons. The number of aliphatic hydroxyl groups excluding tert-OH is 2. The summed E-state index contributed by atoms with van der Waals surface area (Å²) < 4.78 is 6.31. The van der Waals surface area contributed by atoms with E-state index in [2.05, 4.69) is 65.8 Å². The van der Waals surface area contributed by atoms with Crippen LogP contribution in [0.3, 0.4) is 0 Å². The van der Waals surface area contributed by atoms with Crippen molar-refractivity contribution in [3.8, 4) is 0 Å². The number of amides is 1. The third-order valence-corrected chi connectivity index (χ3v) is 12.2. The Bertz CT molecular complexity index is 2360. The molecule has 2 fully saturated rings. The molecule has 2 aliphatic rings. The molecule has 2 unspecified atom stereocenters. The summed E-state index contributed by atoms with van der Waals surface area (Å²) in [5.74, 6) is -0.188. The van der Waals surface area contributed by atoms with Crippen LogP contribution in [-0.4, -0.2) is 76.4 Å². The highest BCUT2D eigenvalue weighted by atomic mass is 32.1. The van der Waals surface area contributed by atoms with Gasteiger partial charge in [-0.2, -0.15) is 0 Å². The van der Waals surface area contributed by atoms with Crippen LogP contribution in [0.5, 0.6) is 0 Å². The van der Waals surface area contributed by atoms with Crippen LogP contribution in [-0.2, 0) is 13.0 Å². The Balaban J connectivity index is 0.000000153. The summed E-state index contributed by atoms with van der Waals surface area (Å²) in [7, 11) is 1.59. The van der Waals surface area contributed by atoms with E-state index in [1.807, 2.05) is 41.1 Å². The maximum Gasteiger partial charge on any atom is 0.271 e. The number of anilines is 2. The molecule has 14 heteroatoms. The number of carbonyl (C=O) groups is 1. The minimum absolute atomic E-state index is 0.0906. The van der Waals surface area contributed by atoms with Gasteiger partial charge in [0.1, 0.15) is 11.3 Å². The third-order valence-electron chi connectivity index (χ3n) is 10.3. The van der Waals surface area contributed by atoms with Crippen LogP contribution >= 0.6 is 22.7 Å². The van der Waals surface area contributed by atoms with Gasteiger partial charge >= 0.3 is 0 Å². The first kappa shape index (κ1) is 36.1. The van der Waals surface area contributed by atoms with Crippen molar-refractivity contribution < 1.29 is 15.0 Å². The van der Waals surface area contributed by atoms with Crippen LogP contribution in [0.15, 0.2) is 79.5 Å². The molecule has 2 aromatic carbocycles. The molecule has 54 heavy (non-hydrogen) atoms. The molecule has 12 nitrogen and oxygen atoms in total. The average Bonchev–Trinajstić information content (AvgIpc) is 3.99. The van der Waals surface area contributed by atoms with Gasteiger partial charge in [0.05, 0.1) is 51.1 Å². The first-order valence-corrected chi connectivity index (χ1v) is 20.3. The van der Waals surface area contributed by atoms with Crippen molar-refractivity contribution in [2.45, 2.75) is 88.6 Å². The number of benzene rings is 2. The predicted octanol–water partition coefficient (Wildman–Crippen LogP) is 6.87. The highest BCUT2D eigenvalue weighted by Crippen LogP contribution is 2.32. The van der Waals surface area contributed by atoms with E-state index in [-0.39, 0.29) is 30.2 Å². The highest BCUT2D eigenvalue weighted by molar-refractivity contribution is 7.22. The fourth-order valence-electron chi connectivity index (χ4n) is 7.37. The van der Waals surface area contributed by atoms with Gasteiger partial charge in [-0.15, -0.1) is 0 Å². The molecule has 7 aromatic rings. The molecule has 5 N–H and O–H groups in total. The number of nitrogens with one attached hydrogen (secondary N) is 3. The topological polar surface area (TPSA) is 155 Å². The normalized spacial score (nSPS) is 20.1. The van der Waals surface area contributed by atoms with Gasteiger partial charge in [-0.1, -0.05) is 66.6 Å². The molecule has 5 aromatic heterocycles. The lowest BCUT2D eigenvalue weighted by molar-refractivity contribution is 0.0958. The van der Waals surface area contributed by atoms with Gasteiger partial charge in [-0.25, -0.2) is 19.9 Å². The summed E-state index contributed by atoms with van der Waals surface area (Å²) in [5, 5.41) is 31.5. The lowest BCUT2D eigenvalue weighted by Gasteiger charge is -2.27. The maximum atomic E-state index is 11.6. The van der Waals surface area contributed by atoms with Crippen molar-refractivity contribution in [3.63, 3.8) is 0 Å². The van der Waals surface area contributed by atoms with E-state index in [4.69, 9.17) is 4.98 Å². The van der Waals surface area contributed by atoms with Gasteiger partial charge in [0, 0.05) is 44.3 Å². The predicted molar refractivity (Wildman–Crippen MR) is 216 cm³/mol. The summed E-state index contributed by atoms with van der Waals surface area (Å²) in [6.45, 7) is 0.641. The zero-order valence-corrected chi connectivity index (χ0v) is 31.8. The first-order valence-electron chi connectivity index (χ1n) is 18.7. The summed E-state index contributed by atoms with van der Waals surface area (Å²) in [6.07, 6.45) is 15.9. The van der Waals surface area contributed by atoms with E-state index in [1.165, 1.54) is 22.4 Å². The molecule has 4 atom stereocenters. The summed E-state index contributed by atoms with van der Waals surface area (Å²) in [6, 6.07) is 18.9. The van der Waals surface area contributed by atoms with Crippen molar-refractivity contribution in [1.29, 1.82) is 0 Å². The zero-order chi connectivity index (χ0) is 37.0. The van der Waals surface area contributed by atoms with Gasteiger partial charge in [-0.05, 0) is 73.2 Å². The lowest BCUT2D eigenvalue weighted by atomic mass is 9.93. The smallest absolute Gasteiger partial charge is 0.271 e. The number of rotatable bonds is 9. The molecule has 2 saturated carbocycles. The molecule has 2 aliphatic carbocycles. The van der Waals surface area contributed by atoms with Gasteiger partial charge in [-0.3, -0.25) is 4.79 Å². The number of carbonyl (C=O) groups excluding carboxylic acids is 1. The molecule has 9 rings (SSSR count). The maximum absolute atomic E-state index is 11.6. The molecule has 0 bridgehead atoms. The van der Waals surface area contributed by atoms with Crippen LogP contribution in [0.4, 0.5) is 10.3 Å². The molecular formula is C40H45N9O3S2. The second kappa shape index (κ2) is 16.2. The summed E-state index contributed by atoms with van der Waals surface area (Å²) >= 11 is 3.28. The molecular weight excluding hydrogens is 719 g/mol. The van der Waals surface area contributed by atoms with E-state index >= 15 is 0 Å². The number of pyridine rings is 1. The van der Waals surface area contributed by atoms with Crippen LogP contribution in [0.25, 0.3) is 26.1 Å². The molecule has 0 radical (unpaired) electrons. The number of aromatic nitrogens is 6. The van der Waals surface area contributed by atoms with Crippen LogP contribution in [0, 0.1) is 0 Å². The first-order chi connectivity index (χ1) is 26.4. The fourth-order valence-corrected chi connectivity index (χ4v) is 9.36. The second-order valence-electron chi connectivity index (χ2n) is 14.2. The Kier molecular flexibility index (Phi) is 10.9. The second-order valence-corrected chi connectivity index (χ2v) is 16.3. The third kappa shape index (κ3) is 8.26. The average molecular weight is 764 g/mol. The standard InChI is InChI=1S/C21H22N4OS.C19H23N5O2S/c26-18-6-2-1-5-16(18)23-21-24-17-9-8-14(12-19(17)27-21)11-15-13-22-20-7-3-4-10-25(15)20;1-20-18(26)15-10-24(11-21-15)9-12-6-7-14-17(8-12)27-19(23-14)22-13-4-2-3-5-16(13)25/h3-4,7-10,12-13,16,18,26H,1-2,5-6,11H2,(H,23,24);6-8,10-11,13,16,25H,2-5,9H2,1H3,(H,20,26)(H,22,23)/t16-,18-;/m1./s1. The SMILES string of the molecule is CNC(=O)c1cn(Cc2ccc3nc(NC4CCCCC4O)sc3c2)cn1.O[C@@H]1CCCC[C@H]1Nc1nc2ccc(Cc3cnc4ccccn34)cc2s1. The quantitative estimate of drug-likeness (QED) is 0.106. The van der Waals surface area contributed by atoms with E-state index in [0.717, 1.165) is 88.6 Å². The summed E-state index contributed by atoms with van der Waals surface area (Å²) in [4.78, 5) is 29.6. The number of thiazole rings is 2. The largest absolute Gasteiger partial charge is 0.391 e. The number of imidazole rings is 2. The van der Waals surface area contributed by atoms with Crippen LogP contribution in [0.2, 0.25) is 0 Å². The van der Waals surface area contributed by atoms with E-state index < -0.39 is 0 Å². The molecule has 0 aliphatic heterocycles. The van der Waals surface area contributed by atoms with Crippen molar-refractivity contribution >= 4 is 64.9 Å². The minimum Gasteiger partial charge on any atom is -0.391 e. The van der Waals surface area contributed by atoms with Crippen molar-refractivity contribution in [2.75, 3.05) is 17.7 Å². The minimum atomic E-state index is -0.294. The van der Waals surface area contributed by atoms with Crippen molar-refractivity contribution in [2.24, 2.45) is 0 Å². The number of aliphatic hydroxyl groups is 2. The highest BCUT2D eigenvalue weighted by Gasteiger charge is 2.25. The number of hydrogen-bond donors (Lipinski definition) is 5. The van der Waals surface area contributed by atoms with Crippen LogP contribution in [0.1, 0.15) is 78.7 Å². The molecule has 5 heterocycles. The zero-order valence-electron chi connectivity index (χ0n) is 30.2. The molecule has 0 spiro atoms. The van der Waals surface area contributed by atoms with Gasteiger partial charge in [0.15, 0.2) is 10.3 Å². The van der Waals surface area contributed by atoms with Crippen molar-refractivity contribution in [1.82, 2.24) is 34.2 Å².